The van der Waals surface area contributed by atoms with Crippen LogP contribution in [0.1, 0.15) is 6.42 Å². The Hall–Kier alpha value is -3.02. The number of aromatic nitrogens is 3. The Morgan fingerprint density at radius 1 is 1.17 bits per heavy atom. The maximum absolute atomic E-state index is 9.31. The van der Waals surface area contributed by atoms with E-state index in [9.17, 15) is 5.26 Å². The summed E-state index contributed by atoms with van der Waals surface area (Å²) in [5.74, 6) is 2.02. The van der Waals surface area contributed by atoms with Crippen molar-refractivity contribution in [2.24, 2.45) is 5.92 Å². The van der Waals surface area contributed by atoms with Gasteiger partial charge in [-0.05, 0) is 12.5 Å². The highest BCUT2D eigenvalue weighted by Crippen LogP contribution is 2.45. The first kappa shape index (κ1) is 20.3. The number of anilines is 2. The van der Waals surface area contributed by atoms with Gasteiger partial charge in [0.05, 0.1) is 53.5 Å². The molecule has 2 N–H and O–H groups in total. The summed E-state index contributed by atoms with van der Waals surface area (Å²) >= 11 is 13.1. The maximum Gasteiger partial charge on any atom is 0.165 e. The molecule has 0 radical (unpaired) electrons. The fourth-order valence-corrected chi connectivity index (χ4v) is 4.19. The van der Waals surface area contributed by atoms with E-state index < -0.39 is 0 Å². The zero-order valence-electron chi connectivity index (χ0n) is 16.3. The second-order valence-corrected chi connectivity index (χ2v) is 7.60. The number of hydrogen-bond donors (Lipinski definition) is 1. The average molecular weight is 445 g/mol. The molecule has 1 atom stereocenters. The van der Waals surface area contributed by atoms with Gasteiger partial charge in [-0.3, -0.25) is 0 Å². The molecule has 2 aromatic heterocycles. The molecule has 1 aliphatic rings. The monoisotopic (exact) mass is 444 g/mol. The van der Waals surface area contributed by atoms with Crippen molar-refractivity contribution >= 4 is 45.7 Å². The molecule has 0 saturated carbocycles. The minimum Gasteiger partial charge on any atom is -0.495 e. The van der Waals surface area contributed by atoms with E-state index in [2.05, 4.69) is 16.0 Å². The number of benzene rings is 1. The minimum atomic E-state index is -0.0678. The summed E-state index contributed by atoms with van der Waals surface area (Å²) in [7, 11) is 3.01. The third kappa shape index (κ3) is 3.40. The minimum absolute atomic E-state index is 0.0678. The van der Waals surface area contributed by atoms with Crippen molar-refractivity contribution in [1.82, 2.24) is 15.0 Å². The number of methoxy groups -OCH3 is 2. The first-order chi connectivity index (χ1) is 14.5. The second kappa shape index (κ2) is 8.01. The smallest absolute Gasteiger partial charge is 0.165 e. The summed E-state index contributed by atoms with van der Waals surface area (Å²) in [6, 6.07) is 5.65. The number of nitrogen functional groups attached to an aromatic ring is 1. The van der Waals surface area contributed by atoms with Crippen LogP contribution >= 0.6 is 23.2 Å². The molecule has 4 rings (SSSR count). The highest BCUT2D eigenvalue weighted by molar-refractivity contribution is 6.41. The fourth-order valence-electron chi connectivity index (χ4n) is 3.52. The van der Waals surface area contributed by atoms with E-state index in [0.717, 1.165) is 11.8 Å². The van der Waals surface area contributed by atoms with Crippen LogP contribution in [0.3, 0.4) is 0 Å². The molecule has 0 aliphatic carbocycles. The molecule has 8 nitrogen and oxygen atoms in total. The average Bonchev–Trinajstić information content (AvgIpc) is 3.23. The van der Waals surface area contributed by atoms with Gasteiger partial charge in [-0.1, -0.05) is 23.2 Å². The van der Waals surface area contributed by atoms with Gasteiger partial charge in [0.25, 0.3) is 0 Å². The van der Waals surface area contributed by atoms with Crippen LogP contribution in [0.4, 0.5) is 11.6 Å². The lowest BCUT2D eigenvalue weighted by atomic mass is 10.1. The molecular formula is C20H18Cl2N6O2. The number of nitrogens with two attached hydrogens (primary N) is 1. The van der Waals surface area contributed by atoms with Gasteiger partial charge in [0.2, 0.25) is 0 Å². The number of hydrogen-bond acceptors (Lipinski definition) is 8. The van der Waals surface area contributed by atoms with Gasteiger partial charge in [0.1, 0.15) is 23.1 Å². The summed E-state index contributed by atoms with van der Waals surface area (Å²) in [5.41, 5.74) is 6.88. The number of fused-ring (bicyclic) bond motifs is 1. The molecule has 3 heterocycles. The Morgan fingerprint density at radius 2 is 1.87 bits per heavy atom. The highest BCUT2D eigenvalue weighted by Gasteiger charge is 2.27. The van der Waals surface area contributed by atoms with Gasteiger partial charge in [-0.25, -0.2) is 15.0 Å². The summed E-state index contributed by atoms with van der Waals surface area (Å²) < 4.78 is 10.7. The van der Waals surface area contributed by atoms with E-state index in [1.807, 2.05) is 4.90 Å². The topological polar surface area (TPSA) is 110 Å². The number of pyridine rings is 1. The van der Waals surface area contributed by atoms with Crippen molar-refractivity contribution in [3.05, 3.63) is 28.4 Å². The number of nitriles is 1. The summed E-state index contributed by atoms with van der Waals surface area (Å²) in [6.45, 7) is 1.25. The largest absolute Gasteiger partial charge is 0.495 e. The summed E-state index contributed by atoms with van der Waals surface area (Å²) in [4.78, 5) is 15.6. The standard InChI is InChI=1S/C20H18Cl2N6O2/c1-29-13-6-14(30-2)18(22)16(17(13)21)19-26-12-8-25-15(24)5-11(12)20(27-19)28-4-3-10(7-23)9-28/h5-6,8,10H,3-4,9H2,1-2H3,(H2,24,25). The van der Waals surface area contributed by atoms with Gasteiger partial charge >= 0.3 is 0 Å². The van der Waals surface area contributed by atoms with Crippen molar-refractivity contribution < 1.29 is 9.47 Å². The van der Waals surface area contributed by atoms with Crippen LogP contribution < -0.4 is 20.1 Å². The van der Waals surface area contributed by atoms with E-state index in [1.54, 1.807) is 18.3 Å². The number of nitrogens with zero attached hydrogens (tertiary/aromatic N) is 5. The van der Waals surface area contributed by atoms with Gasteiger partial charge in [0, 0.05) is 24.5 Å². The lowest BCUT2D eigenvalue weighted by molar-refractivity contribution is 0.395. The van der Waals surface area contributed by atoms with Gasteiger partial charge in [-0.15, -0.1) is 0 Å². The zero-order chi connectivity index (χ0) is 21.4. The molecule has 1 unspecified atom stereocenters. The van der Waals surface area contributed by atoms with Gasteiger partial charge in [-0.2, -0.15) is 5.26 Å². The first-order valence-corrected chi connectivity index (χ1v) is 9.90. The summed E-state index contributed by atoms with van der Waals surface area (Å²) in [6.07, 6.45) is 2.34. The molecule has 3 aromatic rings. The van der Waals surface area contributed by atoms with E-state index in [-0.39, 0.29) is 16.0 Å². The quantitative estimate of drug-likeness (QED) is 0.643. The molecule has 10 heteroatoms. The second-order valence-electron chi connectivity index (χ2n) is 6.84. The number of halogens is 2. The lowest BCUT2D eigenvalue weighted by Gasteiger charge is -2.20. The van der Waals surface area contributed by atoms with Crippen LogP contribution in [0.5, 0.6) is 11.5 Å². The Labute approximate surface area is 183 Å². The van der Waals surface area contributed by atoms with Crippen LogP contribution in [0, 0.1) is 17.2 Å². The van der Waals surface area contributed by atoms with Crippen LogP contribution in [0.25, 0.3) is 22.3 Å². The van der Waals surface area contributed by atoms with E-state index in [1.165, 1.54) is 14.2 Å². The molecule has 0 spiro atoms. The van der Waals surface area contributed by atoms with E-state index in [4.69, 9.17) is 43.4 Å². The van der Waals surface area contributed by atoms with Crippen molar-refractivity contribution in [2.45, 2.75) is 6.42 Å². The molecule has 0 bridgehead atoms. The molecular weight excluding hydrogens is 427 g/mol. The third-order valence-electron chi connectivity index (χ3n) is 5.05. The normalized spacial score (nSPS) is 16.0. The number of rotatable bonds is 4. The van der Waals surface area contributed by atoms with Crippen LogP contribution in [-0.2, 0) is 0 Å². The van der Waals surface area contributed by atoms with Crippen LogP contribution in [0.15, 0.2) is 18.3 Å². The predicted molar refractivity (Wildman–Crippen MR) is 116 cm³/mol. The third-order valence-corrected chi connectivity index (χ3v) is 5.80. The summed E-state index contributed by atoms with van der Waals surface area (Å²) in [5, 5.41) is 10.6. The molecule has 1 saturated heterocycles. The molecule has 154 valence electrons. The van der Waals surface area contributed by atoms with Crippen LogP contribution in [-0.4, -0.2) is 42.3 Å². The van der Waals surface area contributed by atoms with E-state index >= 15 is 0 Å². The molecule has 1 aliphatic heterocycles. The van der Waals surface area contributed by atoms with Crippen molar-refractivity contribution in [2.75, 3.05) is 37.9 Å². The molecule has 1 aromatic carbocycles. The Balaban J connectivity index is 1.98. The molecule has 30 heavy (non-hydrogen) atoms. The van der Waals surface area contributed by atoms with Crippen molar-refractivity contribution in [3.8, 4) is 29.0 Å². The van der Waals surface area contributed by atoms with Crippen molar-refractivity contribution in [3.63, 3.8) is 0 Å². The van der Waals surface area contributed by atoms with Crippen LogP contribution in [0.2, 0.25) is 10.0 Å². The Kier molecular flexibility index (Phi) is 5.41. The fraction of sp³-hybridized carbons (Fsp3) is 0.300. The van der Waals surface area contributed by atoms with E-state index in [0.29, 0.717) is 53.1 Å². The lowest BCUT2D eigenvalue weighted by Crippen LogP contribution is -2.21. The highest BCUT2D eigenvalue weighted by atomic mass is 35.5. The molecule has 1 fully saturated rings. The predicted octanol–water partition coefficient (Wildman–Crippen LogP) is 3.95. The molecule has 0 amide bonds. The number of ether oxygens (including phenoxy) is 2. The Bertz CT molecular complexity index is 1150. The Morgan fingerprint density at radius 3 is 2.47 bits per heavy atom. The first-order valence-electron chi connectivity index (χ1n) is 9.15. The van der Waals surface area contributed by atoms with Crippen molar-refractivity contribution in [1.29, 1.82) is 5.26 Å². The van der Waals surface area contributed by atoms with Gasteiger partial charge in [0.15, 0.2) is 5.82 Å². The SMILES string of the molecule is COc1cc(OC)c(Cl)c(-c2nc(N3CCC(C#N)C3)c3cc(N)ncc3n2)c1Cl. The maximum atomic E-state index is 9.31. The van der Waals surface area contributed by atoms with Gasteiger partial charge < -0.3 is 20.1 Å². The zero-order valence-corrected chi connectivity index (χ0v) is 17.8.